The first-order valence-corrected chi connectivity index (χ1v) is 13.8. The van der Waals surface area contributed by atoms with Gasteiger partial charge in [0.05, 0.1) is 13.0 Å². The van der Waals surface area contributed by atoms with Crippen LogP contribution in [0.25, 0.3) is 0 Å². The predicted octanol–water partition coefficient (Wildman–Crippen LogP) is 5.29. The lowest BCUT2D eigenvalue weighted by Crippen LogP contribution is -2.68. The summed E-state index contributed by atoms with van der Waals surface area (Å²) in [5, 5.41) is 2.43. The van der Waals surface area contributed by atoms with E-state index in [1.165, 1.54) is 28.6 Å². The Morgan fingerprint density at radius 2 is 1.48 bits per heavy atom. The summed E-state index contributed by atoms with van der Waals surface area (Å²) in [5.74, 6) is 0.771. The topological polar surface area (TPSA) is 35.5 Å². The molecule has 1 atom stereocenters. The van der Waals surface area contributed by atoms with Gasteiger partial charge < -0.3 is 9.16 Å². The van der Waals surface area contributed by atoms with Crippen molar-refractivity contribution in [1.82, 2.24) is 0 Å². The van der Waals surface area contributed by atoms with Gasteiger partial charge in [0, 0.05) is 0 Å². The molecule has 3 nitrogen and oxygen atoms in total. The summed E-state index contributed by atoms with van der Waals surface area (Å²) in [5.41, 5.74) is 2.45. The van der Waals surface area contributed by atoms with Crippen molar-refractivity contribution in [3.8, 4) is 5.75 Å². The quantitative estimate of drug-likeness (QED) is 0.296. The first-order chi connectivity index (χ1) is 15.9. The Bertz CT molecular complexity index is 1050. The third-order valence-electron chi connectivity index (χ3n) is 6.89. The van der Waals surface area contributed by atoms with Gasteiger partial charge in [-0.1, -0.05) is 93.6 Å². The van der Waals surface area contributed by atoms with Crippen molar-refractivity contribution < 1.29 is 14.0 Å². The highest BCUT2D eigenvalue weighted by Crippen LogP contribution is 2.40. The molecule has 0 aliphatic heterocycles. The molecule has 0 amide bonds. The fourth-order valence-electron chi connectivity index (χ4n) is 5.26. The normalized spacial score (nSPS) is 16.4. The number of methoxy groups -OCH3 is 1. The maximum atomic E-state index is 12.3. The van der Waals surface area contributed by atoms with Crippen molar-refractivity contribution in [3.05, 3.63) is 90.0 Å². The van der Waals surface area contributed by atoms with Crippen molar-refractivity contribution >= 4 is 24.7 Å². The van der Waals surface area contributed by atoms with Crippen molar-refractivity contribution in [2.24, 2.45) is 5.92 Å². The van der Waals surface area contributed by atoms with Crippen LogP contribution in [0.15, 0.2) is 78.9 Å². The smallest absolute Gasteiger partial charge is 0.319 e. The molecule has 0 aromatic heterocycles. The minimum Gasteiger partial charge on any atom is -0.534 e. The molecule has 0 saturated carbocycles. The Balaban J connectivity index is 1.86. The Labute approximate surface area is 198 Å². The number of carbonyl (C=O) groups is 1. The van der Waals surface area contributed by atoms with E-state index in [0.717, 1.165) is 25.0 Å². The van der Waals surface area contributed by atoms with E-state index in [-0.39, 0.29) is 16.9 Å². The van der Waals surface area contributed by atoms with Crippen LogP contribution in [-0.2, 0) is 22.4 Å². The lowest BCUT2D eigenvalue weighted by molar-refractivity contribution is -0.145. The average molecular weight is 459 g/mol. The number of fused-ring (bicyclic) bond motifs is 1. The Morgan fingerprint density at radius 3 is 2.03 bits per heavy atom. The fourth-order valence-corrected chi connectivity index (χ4v) is 9.71. The van der Waals surface area contributed by atoms with Gasteiger partial charge in [-0.2, -0.15) is 0 Å². The minimum atomic E-state index is -2.70. The first-order valence-electron chi connectivity index (χ1n) is 11.9. The van der Waals surface area contributed by atoms with Crippen LogP contribution >= 0.6 is 0 Å². The van der Waals surface area contributed by atoms with Crippen LogP contribution in [0.1, 0.15) is 44.7 Å². The predicted molar refractivity (Wildman–Crippen MR) is 137 cm³/mol. The van der Waals surface area contributed by atoms with Crippen molar-refractivity contribution in [1.29, 1.82) is 0 Å². The molecule has 0 heterocycles. The van der Waals surface area contributed by atoms with Gasteiger partial charge in [0.2, 0.25) is 0 Å². The van der Waals surface area contributed by atoms with E-state index in [1.54, 1.807) is 0 Å². The second kappa shape index (κ2) is 9.56. The maximum absolute atomic E-state index is 12.3. The Kier molecular flexibility index (Phi) is 6.75. The lowest BCUT2D eigenvalue weighted by Gasteiger charge is -2.43. The largest absolute Gasteiger partial charge is 0.534 e. The van der Waals surface area contributed by atoms with Gasteiger partial charge >= 0.3 is 14.3 Å². The average Bonchev–Trinajstić information content (AvgIpc) is 3.05. The molecular formula is C29H34O3Si. The lowest BCUT2D eigenvalue weighted by atomic mass is 9.96. The van der Waals surface area contributed by atoms with E-state index < -0.39 is 8.32 Å². The zero-order valence-corrected chi connectivity index (χ0v) is 21.1. The molecule has 3 aromatic rings. The van der Waals surface area contributed by atoms with Crippen LogP contribution < -0.4 is 14.8 Å². The summed E-state index contributed by atoms with van der Waals surface area (Å²) in [7, 11) is -1.22. The molecule has 4 heteroatoms. The van der Waals surface area contributed by atoms with E-state index in [4.69, 9.17) is 9.16 Å². The third-order valence-corrected chi connectivity index (χ3v) is 11.8. The van der Waals surface area contributed by atoms with Crippen molar-refractivity contribution in [2.75, 3.05) is 7.11 Å². The molecule has 33 heavy (non-hydrogen) atoms. The summed E-state index contributed by atoms with van der Waals surface area (Å²) in [6, 6.07) is 27.8. The van der Waals surface area contributed by atoms with Crippen LogP contribution in [0.3, 0.4) is 0 Å². The summed E-state index contributed by atoms with van der Waals surface area (Å²) < 4.78 is 12.4. The van der Waals surface area contributed by atoms with E-state index in [0.29, 0.717) is 6.42 Å². The van der Waals surface area contributed by atoms with Gasteiger partial charge in [-0.15, -0.1) is 0 Å². The highest BCUT2D eigenvalue weighted by Gasteiger charge is 2.52. The second-order valence-electron chi connectivity index (χ2n) is 9.98. The monoisotopic (exact) mass is 458 g/mol. The van der Waals surface area contributed by atoms with Gasteiger partial charge in [0.1, 0.15) is 5.75 Å². The highest BCUT2D eigenvalue weighted by atomic mass is 28.4. The molecule has 1 unspecified atom stereocenters. The molecule has 1 aliphatic rings. The van der Waals surface area contributed by atoms with Gasteiger partial charge in [-0.05, 0) is 58.3 Å². The Morgan fingerprint density at radius 1 is 0.879 bits per heavy atom. The number of ether oxygens (including phenoxy) is 1. The van der Waals surface area contributed by atoms with Crippen LogP contribution in [-0.4, -0.2) is 21.4 Å². The molecule has 172 valence electrons. The van der Waals surface area contributed by atoms with Crippen LogP contribution in [0.4, 0.5) is 0 Å². The molecule has 3 aromatic carbocycles. The van der Waals surface area contributed by atoms with Crippen molar-refractivity contribution in [3.63, 3.8) is 0 Å². The van der Waals surface area contributed by atoms with E-state index in [1.807, 2.05) is 0 Å². The number of carbonyl (C=O) groups excluding carboxylic acids is 1. The zero-order chi connectivity index (χ0) is 23.5. The Hall–Kier alpha value is -2.85. The molecular weight excluding hydrogens is 424 g/mol. The number of rotatable bonds is 5. The molecule has 0 N–H and O–H groups in total. The van der Waals surface area contributed by atoms with Gasteiger partial charge in [-0.25, -0.2) is 0 Å². The molecule has 4 rings (SSSR count). The molecule has 0 fully saturated rings. The van der Waals surface area contributed by atoms with Crippen LogP contribution in [0.5, 0.6) is 5.75 Å². The molecule has 0 saturated heterocycles. The standard InChI is InChI=1S/C29H34O3Si/c1-29(2,3)33(24-15-7-5-8-16-24,25-17-9-6-10-18-25)32-27-20-12-13-22-21-23(28(30)31-4)14-11-19-26(22)27/h5-10,12-13,15-18,20,23H,11,14,19,21H2,1-4H3. The molecule has 0 spiro atoms. The van der Waals surface area contributed by atoms with E-state index in [9.17, 15) is 4.79 Å². The number of benzene rings is 3. The summed E-state index contributed by atoms with van der Waals surface area (Å²) >= 11 is 0. The molecule has 0 bridgehead atoms. The SMILES string of the molecule is COC(=O)C1CCCc2c(cccc2O[Si](c2ccccc2)(c2ccccc2)C(C)(C)C)C1. The molecule has 0 radical (unpaired) electrons. The highest BCUT2D eigenvalue weighted by molar-refractivity contribution is 7.00. The summed E-state index contributed by atoms with van der Waals surface area (Å²) in [6.45, 7) is 6.90. The van der Waals surface area contributed by atoms with Crippen molar-refractivity contribution in [2.45, 2.75) is 51.5 Å². The van der Waals surface area contributed by atoms with E-state index >= 15 is 0 Å². The molecule has 1 aliphatic carbocycles. The van der Waals surface area contributed by atoms with Crippen LogP contribution in [0, 0.1) is 5.92 Å². The van der Waals surface area contributed by atoms with Gasteiger partial charge in [-0.3, -0.25) is 4.79 Å². The van der Waals surface area contributed by atoms with E-state index in [2.05, 4.69) is 99.6 Å². The zero-order valence-electron chi connectivity index (χ0n) is 20.1. The van der Waals surface area contributed by atoms with Gasteiger partial charge in [0.25, 0.3) is 0 Å². The number of hydrogen-bond acceptors (Lipinski definition) is 3. The maximum Gasteiger partial charge on any atom is 0.319 e. The summed E-state index contributed by atoms with van der Waals surface area (Å²) in [4.78, 5) is 12.3. The second-order valence-corrected chi connectivity index (χ2v) is 14.2. The minimum absolute atomic E-state index is 0.0839. The number of esters is 1. The first kappa shape index (κ1) is 23.3. The number of hydrogen-bond donors (Lipinski definition) is 0. The summed E-state index contributed by atoms with van der Waals surface area (Å²) in [6.07, 6.45) is 3.42. The van der Waals surface area contributed by atoms with Gasteiger partial charge in [0.15, 0.2) is 0 Å². The fraction of sp³-hybridized carbons (Fsp3) is 0.345. The third kappa shape index (κ3) is 4.49. The van der Waals surface area contributed by atoms with Crippen LogP contribution in [0.2, 0.25) is 5.04 Å².